The van der Waals surface area contributed by atoms with Crippen LogP contribution in [0, 0.1) is 0 Å². The molecule has 0 spiro atoms. The summed E-state index contributed by atoms with van der Waals surface area (Å²) in [6.07, 6.45) is 1.99. The highest BCUT2D eigenvalue weighted by Crippen LogP contribution is 2.14. The molecule has 1 saturated heterocycles. The summed E-state index contributed by atoms with van der Waals surface area (Å²) < 4.78 is 0. The zero-order valence-electron chi connectivity index (χ0n) is 10.8. The molecule has 1 fully saturated rings. The van der Waals surface area contributed by atoms with Gasteiger partial charge in [0, 0.05) is 44.4 Å². The average molecular weight is 244 g/mol. The fourth-order valence-corrected chi connectivity index (χ4v) is 2.38. The molecule has 2 heterocycles. The van der Waals surface area contributed by atoms with Crippen LogP contribution in [0.25, 0.3) is 10.9 Å². The summed E-state index contributed by atoms with van der Waals surface area (Å²) in [5.41, 5.74) is 6.05. The minimum absolute atomic E-state index is 0.908. The molecular formula is C14H20N4. The summed E-state index contributed by atoms with van der Waals surface area (Å²) in [7, 11) is 2.18. The van der Waals surface area contributed by atoms with Gasteiger partial charge in [-0.1, -0.05) is 6.07 Å². The molecule has 0 bridgehead atoms. The highest BCUT2D eigenvalue weighted by Gasteiger charge is 2.12. The number of hydrazine groups is 1. The molecule has 1 aromatic carbocycles. The third-order valence-electron chi connectivity index (χ3n) is 3.63. The predicted octanol–water partition coefficient (Wildman–Crippen LogP) is 1.42. The molecule has 2 N–H and O–H groups in total. The quantitative estimate of drug-likeness (QED) is 0.857. The lowest BCUT2D eigenvalue weighted by atomic mass is 10.1. The maximum atomic E-state index is 3.51. The van der Waals surface area contributed by atoms with E-state index in [-0.39, 0.29) is 0 Å². The summed E-state index contributed by atoms with van der Waals surface area (Å²) in [4.78, 5) is 5.59. The van der Waals surface area contributed by atoms with E-state index in [1.165, 1.54) is 16.5 Å². The van der Waals surface area contributed by atoms with Crippen LogP contribution in [-0.4, -0.2) is 48.1 Å². The van der Waals surface area contributed by atoms with Gasteiger partial charge in [0.05, 0.1) is 0 Å². The lowest BCUT2D eigenvalue weighted by Crippen LogP contribution is -2.50. The van der Waals surface area contributed by atoms with Crippen LogP contribution in [0.5, 0.6) is 0 Å². The number of benzene rings is 1. The van der Waals surface area contributed by atoms with Crippen molar-refractivity contribution in [3.8, 4) is 0 Å². The first kappa shape index (κ1) is 11.7. The van der Waals surface area contributed by atoms with E-state index in [2.05, 4.69) is 51.6 Å². The Morgan fingerprint density at radius 3 is 2.83 bits per heavy atom. The van der Waals surface area contributed by atoms with E-state index in [4.69, 9.17) is 0 Å². The van der Waals surface area contributed by atoms with Gasteiger partial charge in [0.1, 0.15) is 0 Å². The number of piperazine rings is 1. The molecule has 1 aliphatic heterocycles. The van der Waals surface area contributed by atoms with Gasteiger partial charge in [-0.05, 0) is 36.2 Å². The average Bonchev–Trinajstić information content (AvgIpc) is 2.85. The molecule has 2 aromatic rings. The Morgan fingerprint density at radius 2 is 2.00 bits per heavy atom. The Balaban J connectivity index is 1.59. The van der Waals surface area contributed by atoms with Gasteiger partial charge in [-0.25, -0.2) is 5.01 Å². The Morgan fingerprint density at radius 1 is 1.17 bits per heavy atom. The monoisotopic (exact) mass is 244 g/mol. The molecule has 1 aliphatic rings. The number of fused-ring (bicyclic) bond motifs is 1. The van der Waals surface area contributed by atoms with Crippen molar-refractivity contribution in [2.45, 2.75) is 6.54 Å². The second-order valence-electron chi connectivity index (χ2n) is 5.02. The first-order valence-electron chi connectivity index (χ1n) is 6.54. The van der Waals surface area contributed by atoms with Crippen molar-refractivity contribution in [3.63, 3.8) is 0 Å². The minimum Gasteiger partial charge on any atom is -0.361 e. The Hall–Kier alpha value is -1.36. The number of aromatic amines is 1. The molecule has 4 nitrogen and oxygen atoms in total. The van der Waals surface area contributed by atoms with Gasteiger partial charge in [0.2, 0.25) is 0 Å². The van der Waals surface area contributed by atoms with Gasteiger partial charge < -0.3 is 9.88 Å². The van der Waals surface area contributed by atoms with Crippen LogP contribution in [0.1, 0.15) is 5.56 Å². The van der Waals surface area contributed by atoms with Gasteiger partial charge in [-0.15, -0.1) is 0 Å². The predicted molar refractivity (Wildman–Crippen MR) is 74.2 cm³/mol. The van der Waals surface area contributed by atoms with Gasteiger partial charge in [0.15, 0.2) is 0 Å². The maximum absolute atomic E-state index is 3.51. The number of hydrogen-bond acceptors (Lipinski definition) is 3. The molecule has 18 heavy (non-hydrogen) atoms. The smallest absolute Gasteiger partial charge is 0.0454 e. The summed E-state index contributed by atoms with van der Waals surface area (Å²) >= 11 is 0. The normalized spacial score (nSPS) is 18.5. The number of nitrogens with zero attached hydrogens (tertiary/aromatic N) is 2. The van der Waals surface area contributed by atoms with Crippen LogP contribution in [-0.2, 0) is 6.54 Å². The topological polar surface area (TPSA) is 34.3 Å². The van der Waals surface area contributed by atoms with E-state index in [9.17, 15) is 0 Å². The van der Waals surface area contributed by atoms with E-state index in [0.717, 1.165) is 32.7 Å². The second-order valence-corrected chi connectivity index (χ2v) is 5.02. The van der Waals surface area contributed by atoms with E-state index in [1.807, 2.05) is 6.20 Å². The minimum atomic E-state index is 0.908. The van der Waals surface area contributed by atoms with Crippen LogP contribution in [0.2, 0.25) is 0 Å². The lowest BCUT2D eigenvalue weighted by molar-refractivity contribution is 0.102. The molecular weight excluding hydrogens is 224 g/mol. The van der Waals surface area contributed by atoms with E-state index in [0.29, 0.717) is 0 Å². The van der Waals surface area contributed by atoms with E-state index >= 15 is 0 Å². The maximum Gasteiger partial charge on any atom is 0.0454 e. The molecule has 1 aromatic heterocycles. The van der Waals surface area contributed by atoms with E-state index in [1.54, 1.807) is 0 Å². The number of rotatable bonds is 3. The lowest BCUT2D eigenvalue weighted by Gasteiger charge is -2.32. The molecule has 96 valence electrons. The van der Waals surface area contributed by atoms with Crippen molar-refractivity contribution >= 4 is 10.9 Å². The molecule has 3 rings (SSSR count). The Bertz CT molecular complexity index is 511. The molecule has 0 atom stereocenters. The van der Waals surface area contributed by atoms with Crippen LogP contribution in [0.15, 0.2) is 30.5 Å². The third kappa shape index (κ3) is 2.56. The van der Waals surface area contributed by atoms with Crippen molar-refractivity contribution < 1.29 is 0 Å². The van der Waals surface area contributed by atoms with E-state index < -0.39 is 0 Å². The highest BCUT2D eigenvalue weighted by molar-refractivity contribution is 5.79. The summed E-state index contributed by atoms with van der Waals surface area (Å²) in [6, 6.07) is 8.70. The van der Waals surface area contributed by atoms with Gasteiger partial charge in [-0.2, -0.15) is 0 Å². The zero-order chi connectivity index (χ0) is 12.4. The molecule has 4 heteroatoms. The Kier molecular flexibility index (Phi) is 3.32. The standard InChI is InChI=1S/C14H20N4/c1-17-6-8-18(9-7-17)16-11-12-2-3-14-13(10-12)4-5-15-14/h2-5,10,15-16H,6-9,11H2,1H3. The molecule has 0 unspecified atom stereocenters. The number of aromatic nitrogens is 1. The van der Waals surface area contributed by atoms with Gasteiger partial charge in [0.25, 0.3) is 0 Å². The highest BCUT2D eigenvalue weighted by atomic mass is 15.5. The molecule has 0 amide bonds. The second kappa shape index (κ2) is 5.10. The van der Waals surface area contributed by atoms with Crippen LogP contribution in [0.4, 0.5) is 0 Å². The van der Waals surface area contributed by atoms with Gasteiger partial charge >= 0.3 is 0 Å². The summed E-state index contributed by atoms with van der Waals surface area (Å²) in [5, 5.41) is 3.61. The number of nitrogens with one attached hydrogen (secondary N) is 2. The fourth-order valence-electron chi connectivity index (χ4n) is 2.38. The van der Waals surface area contributed by atoms with Crippen molar-refractivity contribution in [2.75, 3.05) is 33.2 Å². The fraction of sp³-hybridized carbons (Fsp3) is 0.429. The first-order valence-corrected chi connectivity index (χ1v) is 6.54. The number of H-pyrrole nitrogens is 1. The summed E-state index contributed by atoms with van der Waals surface area (Å²) in [5.74, 6) is 0. The van der Waals surface area contributed by atoms with Crippen molar-refractivity contribution in [1.82, 2.24) is 20.3 Å². The van der Waals surface area contributed by atoms with Crippen molar-refractivity contribution in [2.24, 2.45) is 0 Å². The van der Waals surface area contributed by atoms with Crippen LogP contribution >= 0.6 is 0 Å². The van der Waals surface area contributed by atoms with Crippen molar-refractivity contribution in [1.29, 1.82) is 0 Å². The third-order valence-corrected chi connectivity index (χ3v) is 3.63. The molecule has 0 radical (unpaired) electrons. The Labute approximate surface area is 108 Å². The molecule has 0 aliphatic carbocycles. The summed E-state index contributed by atoms with van der Waals surface area (Å²) in [6.45, 7) is 5.39. The zero-order valence-corrected chi connectivity index (χ0v) is 10.8. The van der Waals surface area contributed by atoms with Crippen LogP contribution in [0.3, 0.4) is 0 Å². The van der Waals surface area contributed by atoms with Crippen LogP contribution < -0.4 is 5.43 Å². The number of likely N-dealkylation sites (N-methyl/N-ethyl adjacent to an activating group) is 1. The number of hydrogen-bond donors (Lipinski definition) is 2. The van der Waals surface area contributed by atoms with Gasteiger partial charge in [-0.3, -0.25) is 5.43 Å². The SMILES string of the molecule is CN1CCN(NCc2ccc3[nH]ccc3c2)CC1. The molecule has 0 saturated carbocycles. The van der Waals surface area contributed by atoms with Crippen molar-refractivity contribution in [3.05, 3.63) is 36.0 Å². The largest absolute Gasteiger partial charge is 0.361 e. The first-order chi connectivity index (χ1) is 8.81.